The van der Waals surface area contributed by atoms with Crippen LogP contribution in [-0.4, -0.2) is 26.0 Å². The highest BCUT2D eigenvalue weighted by atomic mass is 32.1. The molecular formula is C28H31FN2O4S. The van der Waals surface area contributed by atoms with Crippen LogP contribution in [0.1, 0.15) is 58.3 Å². The molecule has 8 heteroatoms. The van der Waals surface area contributed by atoms with Gasteiger partial charge >= 0.3 is 0 Å². The summed E-state index contributed by atoms with van der Waals surface area (Å²) in [5.41, 5.74) is 2.18. The molecule has 190 valence electrons. The highest BCUT2D eigenvalue weighted by Crippen LogP contribution is 2.45. The van der Waals surface area contributed by atoms with Crippen LogP contribution < -0.4 is 20.1 Å². The van der Waals surface area contributed by atoms with E-state index < -0.39 is 11.7 Å². The molecule has 3 aromatic rings. The lowest BCUT2D eigenvalue weighted by molar-refractivity contribution is 0.102. The Morgan fingerprint density at radius 2 is 1.81 bits per heavy atom. The number of fused-ring (bicyclic) bond motifs is 1. The van der Waals surface area contributed by atoms with Gasteiger partial charge in [-0.15, -0.1) is 11.3 Å². The van der Waals surface area contributed by atoms with Crippen LogP contribution >= 0.6 is 11.3 Å². The summed E-state index contributed by atoms with van der Waals surface area (Å²) in [5, 5.41) is 6.28. The molecule has 0 saturated carbocycles. The summed E-state index contributed by atoms with van der Waals surface area (Å²) >= 11 is 1.42. The van der Waals surface area contributed by atoms with E-state index in [4.69, 9.17) is 9.47 Å². The third-order valence-electron chi connectivity index (χ3n) is 6.69. The van der Waals surface area contributed by atoms with Crippen LogP contribution in [0.4, 0.5) is 15.1 Å². The van der Waals surface area contributed by atoms with Crippen LogP contribution in [0.2, 0.25) is 0 Å². The maximum atomic E-state index is 13.7. The maximum absolute atomic E-state index is 13.7. The number of carbonyl (C=O) groups is 2. The number of methoxy groups -OCH3 is 2. The van der Waals surface area contributed by atoms with Gasteiger partial charge in [-0.25, -0.2) is 4.39 Å². The molecule has 0 aliphatic heterocycles. The van der Waals surface area contributed by atoms with Crippen molar-refractivity contribution in [1.29, 1.82) is 0 Å². The van der Waals surface area contributed by atoms with Crippen molar-refractivity contribution in [3.8, 4) is 11.5 Å². The number of hydrogen-bond donors (Lipinski definition) is 2. The van der Waals surface area contributed by atoms with Gasteiger partial charge in [-0.05, 0) is 66.5 Å². The fourth-order valence-electron chi connectivity index (χ4n) is 4.55. The SMILES string of the molecule is COc1ccc(OC)c(NC(=O)c2c(NC(=O)c3cccc(F)c3)sc3c2CCC(C(C)(C)C)C3)c1. The standard InChI is InChI=1S/C28H31FN2O4S/c1-28(2,3)17-9-11-20-23(14-17)36-27(31-25(32)16-7-6-8-18(29)13-16)24(20)26(33)30-21-15-19(34-4)10-12-22(21)35-5/h6-8,10,12-13,15,17H,9,11,14H2,1-5H3,(H,30,33)(H,31,32). The topological polar surface area (TPSA) is 76.7 Å². The van der Waals surface area contributed by atoms with Gasteiger partial charge in [0.15, 0.2) is 0 Å². The van der Waals surface area contributed by atoms with Crippen molar-refractivity contribution >= 4 is 33.8 Å². The number of ether oxygens (including phenoxy) is 2. The van der Waals surface area contributed by atoms with Gasteiger partial charge in [0.25, 0.3) is 11.8 Å². The highest BCUT2D eigenvalue weighted by molar-refractivity contribution is 7.17. The Hall–Kier alpha value is -3.39. The Bertz CT molecular complexity index is 1300. The van der Waals surface area contributed by atoms with E-state index >= 15 is 0 Å². The number of halogens is 1. The summed E-state index contributed by atoms with van der Waals surface area (Å²) in [6.07, 6.45) is 2.52. The first-order valence-corrected chi connectivity index (χ1v) is 12.7. The molecule has 1 atom stereocenters. The fraction of sp³-hybridized carbons (Fsp3) is 0.357. The van der Waals surface area contributed by atoms with E-state index in [0.29, 0.717) is 33.7 Å². The van der Waals surface area contributed by atoms with Crippen molar-refractivity contribution in [2.75, 3.05) is 24.9 Å². The van der Waals surface area contributed by atoms with Crippen molar-refractivity contribution in [1.82, 2.24) is 0 Å². The predicted molar refractivity (Wildman–Crippen MR) is 141 cm³/mol. The van der Waals surface area contributed by atoms with E-state index in [2.05, 4.69) is 31.4 Å². The quantitative estimate of drug-likeness (QED) is 0.394. The van der Waals surface area contributed by atoms with Crippen molar-refractivity contribution in [3.05, 3.63) is 69.8 Å². The molecule has 1 aliphatic rings. The van der Waals surface area contributed by atoms with Crippen molar-refractivity contribution in [3.63, 3.8) is 0 Å². The molecule has 0 bridgehead atoms. The maximum Gasteiger partial charge on any atom is 0.259 e. The Morgan fingerprint density at radius 1 is 1.03 bits per heavy atom. The van der Waals surface area contributed by atoms with Gasteiger partial charge in [0.2, 0.25) is 0 Å². The van der Waals surface area contributed by atoms with Crippen LogP contribution in [0.25, 0.3) is 0 Å². The van der Waals surface area contributed by atoms with Crippen LogP contribution in [0.15, 0.2) is 42.5 Å². The van der Waals surface area contributed by atoms with Crippen LogP contribution in [0, 0.1) is 17.2 Å². The zero-order valence-corrected chi connectivity index (χ0v) is 22.0. The van der Waals surface area contributed by atoms with E-state index in [1.807, 2.05) is 0 Å². The number of hydrogen-bond acceptors (Lipinski definition) is 5. The summed E-state index contributed by atoms with van der Waals surface area (Å²) in [6.45, 7) is 6.68. The molecule has 1 aliphatic carbocycles. The number of anilines is 2. The molecule has 0 saturated heterocycles. The fourth-order valence-corrected chi connectivity index (χ4v) is 5.87. The minimum absolute atomic E-state index is 0.128. The summed E-state index contributed by atoms with van der Waals surface area (Å²) in [5.74, 6) is 0.225. The highest BCUT2D eigenvalue weighted by Gasteiger charge is 2.34. The largest absolute Gasteiger partial charge is 0.497 e. The minimum Gasteiger partial charge on any atom is -0.497 e. The lowest BCUT2D eigenvalue weighted by atomic mass is 9.72. The van der Waals surface area contributed by atoms with E-state index in [1.54, 1.807) is 31.4 Å². The molecule has 6 nitrogen and oxygen atoms in total. The number of nitrogens with one attached hydrogen (secondary N) is 2. The summed E-state index contributed by atoms with van der Waals surface area (Å²) in [6, 6.07) is 10.7. The molecule has 36 heavy (non-hydrogen) atoms. The van der Waals surface area contributed by atoms with Gasteiger partial charge in [-0.2, -0.15) is 0 Å². The first kappa shape index (κ1) is 25.7. The molecule has 1 unspecified atom stereocenters. The average Bonchev–Trinajstić information content (AvgIpc) is 3.20. The monoisotopic (exact) mass is 510 g/mol. The molecule has 0 fully saturated rings. The predicted octanol–water partition coefficient (Wildman–Crippen LogP) is 6.56. The normalized spacial score (nSPS) is 15.1. The average molecular weight is 511 g/mol. The molecule has 2 aromatic carbocycles. The van der Waals surface area contributed by atoms with E-state index in [9.17, 15) is 14.0 Å². The minimum atomic E-state index is -0.496. The Kier molecular flexibility index (Phi) is 7.36. The molecule has 1 aromatic heterocycles. The first-order valence-electron chi connectivity index (χ1n) is 11.9. The second kappa shape index (κ2) is 10.3. The molecule has 0 radical (unpaired) electrons. The van der Waals surface area contributed by atoms with Crippen molar-refractivity contribution in [2.45, 2.75) is 40.0 Å². The molecule has 0 spiro atoms. The summed E-state index contributed by atoms with van der Waals surface area (Å²) < 4.78 is 24.4. The zero-order chi connectivity index (χ0) is 26.0. The molecule has 1 heterocycles. The molecule has 2 amide bonds. The van der Waals surface area contributed by atoms with Crippen LogP contribution in [0.3, 0.4) is 0 Å². The second-order valence-electron chi connectivity index (χ2n) is 10.00. The molecule has 2 N–H and O–H groups in total. The first-order chi connectivity index (χ1) is 17.1. The van der Waals surface area contributed by atoms with Crippen LogP contribution in [-0.2, 0) is 12.8 Å². The third kappa shape index (κ3) is 5.38. The van der Waals surface area contributed by atoms with E-state index in [1.165, 1.54) is 36.6 Å². The second-order valence-corrected chi connectivity index (χ2v) is 11.1. The number of thiophene rings is 1. The number of benzene rings is 2. The number of carbonyl (C=O) groups excluding carboxylic acids is 2. The van der Waals surface area contributed by atoms with Gasteiger partial charge in [-0.1, -0.05) is 26.8 Å². The number of amides is 2. The Labute approximate surface area is 214 Å². The molecular weight excluding hydrogens is 479 g/mol. The number of rotatable bonds is 6. The van der Waals surface area contributed by atoms with Gasteiger partial charge in [0.05, 0.1) is 25.5 Å². The molecule has 4 rings (SSSR count). The summed E-state index contributed by atoms with van der Waals surface area (Å²) in [4.78, 5) is 27.8. The van der Waals surface area contributed by atoms with E-state index in [0.717, 1.165) is 29.7 Å². The van der Waals surface area contributed by atoms with Gasteiger partial charge in [0.1, 0.15) is 22.3 Å². The Morgan fingerprint density at radius 3 is 2.47 bits per heavy atom. The smallest absolute Gasteiger partial charge is 0.259 e. The van der Waals surface area contributed by atoms with Gasteiger partial charge in [0, 0.05) is 16.5 Å². The zero-order valence-electron chi connectivity index (χ0n) is 21.2. The van der Waals surface area contributed by atoms with Gasteiger partial charge in [-0.3, -0.25) is 9.59 Å². The van der Waals surface area contributed by atoms with Gasteiger partial charge < -0.3 is 20.1 Å². The lowest BCUT2D eigenvalue weighted by Gasteiger charge is -2.33. The van der Waals surface area contributed by atoms with E-state index in [-0.39, 0.29) is 16.9 Å². The van der Waals surface area contributed by atoms with Crippen molar-refractivity contribution in [2.24, 2.45) is 11.3 Å². The Balaban J connectivity index is 1.72. The third-order valence-corrected chi connectivity index (χ3v) is 7.86. The summed E-state index contributed by atoms with van der Waals surface area (Å²) in [7, 11) is 3.08. The lowest BCUT2D eigenvalue weighted by Crippen LogP contribution is -2.27. The van der Waals surface area contributed by atoms with Crippen LogP contribution in [0.5, 0.6) is 11.5 Å². The van der Waals surface area contributed by atoms with Crippen molar-refractivity contribution < 1.29 is 23.5 Å².